The Morgan fingerprint density at radius 2 is 2.00 bits per heavy atom. The topological polar surface area (TPSA) is 65.7 Å². The summed E-state index contributed by atoms with van der Waals surface area (Å²) < 4.78 is 18.1. The van der Waals surface area contributed by atoms with E-state index in [1.165, 1.54) is 0 Å². The van der Waals surface area contributed by atoms with Gasteiger partial charge in [-0.25, -0.2) is 0 Å². The third-order valence-corrected chi connectivity index (χ3v) is 3.98. The van der Waals surface area contributed by atoms with Crippen molar-refractivity contribution in [3.05, 3.63) is 35.9 Å². The highest BCUT2D eigenvalue weighted by Gasteiger charge is 2.48. The Kier molecular flexibility index (Phi) is 4.28. The van der Waals surface area contributed by atoms with Crippen molar-refractivity contribution in [3.8, 4) is 0 Å². The average molecular weight is 292 g/mol. The van der Waals surface area contributed by atoms with E-state index in [-0.39, 0.29) is 24.4 Å². The molecule has 0 saturated carbocycles. The molecule has 0 aromatic heterocycles. The molecular weight excluding hydrogens is 268 g/mol. The van der Waals surface area contributed by atoms with E-state index in [2.05, 4.69) is 5.32 Å². The molecule has 2 fully saturated rings. The van der Waals surface area contributed by atoms with Crippen LogP contribution in [0.4, 0.5) is 0 Å². The van der Waals surface area contributed by atoms with E-state index in [1.54, 1.807) is 0 Å². The minimum Gasteiger partial charge on any atom is -0.369 e. The van der Waals surface area contributed by atoms with Gasteiger partial charge in [-0.1, -0.05) is 30.3 Å². The molecule has 3 N–H and O–H groups in total. The second kappa shape index (κ2) is 6.02. The zero-order valence-corrected chi connectivity index (χ0v) is 12.6. The van der Waals surface area contributed by atoms with Crippen LogP contribution in [0.1, 0.15) is 19.4 Å². The number of ether oxygens (including phenoxy) is 3. The summed E-state index contributed by atoms with van der Waals surface area (Å²) in [6.45, 7) is 5.85. The molecule has 1 aromatic rings. The van der Waals surface area contributed by atoms with Crippen LogP contribution in [0, 0.1) is 0 Å². The van der Waals surface area contributed by atoms with Gasteiger partial charge < -0.3 is 25.3 Å². The molecule has 21 heavy (non-hydrogen) atoms. The molecule has 0 aliphatic carbocycles. The van der Waals surface area contributed by atoms with E-state index in [0.29, 0.717) is 13.2 Å². The van der Waals surface area contributed by atoms with Crippen molar-refractivity contribution < 1.29 is 14.2 Å². The summed E-state index contributed by atoms with van der Waals surface area (Å²) in [5, 5.41) is 3.32. The first-order chi connectivity index (χ1) is 10.1. The van der Waals surface area contributed by atoms with Gasteiger partial charge in [0.2, 0.25) is 0 Å². The Labute approximate surface area is 125 Å². The highest BCUT2D eigenvalue weighted by atomic mass is 16.8. The summed E-state index contributed by atoms with van der Waals surface area (Å²) in [6.07, 6.45) is -0.324. The Morgan fingerprint density at radius 3 is 2.76 bits per heavy atom. The summed E-state index contributed by atoms with van der Waals surface area (Å²) in [6, 6.07) is 10.0. The Morgan fingerprint density at radius 1 is 1.24 bits per heavy atom. The lowest BCUT2D eigenvalue weighted by Gasteiger charge is -2.28. The fraction of sp³-hybridized carbons (Fsp3) is 0.625. The molecule has 0 radical (unpaired) electrons. The number of nitrogens with two attached hydrogens (primary N) is 1. The molecule has 2 saturated heterocycles. The first kappa shape index (κ1) is 14.9. The van der Waals surface area contributed by atoms with Gasteiger partial charge in [-0.15, -0.1) is 0 Å². The lowest BCUT2D eigenvalue weighted by atomic mass is 10.0. The minimum atomic E-state index is -0.581. The lowest BCUT2D eigenvalue weighted by Crippen LogP contribution is -2.49. The number of hydrogen-bond acceptors (Lipinski definition) is 5. The largest absolute Gasteiger partial charge is 0.369 e. The van der Waals surface area contributed by atoms with Crippen molar-refractivity contribution in [2.75, 3.05) is 13.1 Å². The molecule has 2 heterocycles. The molecule has 0 bridgehead atoms. The van der Waals surface area contributed by atoms with E-state index < -0.39 is 5.79 Å². The molecule has 5 nitrogen and oxygen atoms in total. The van der Waals surface area contributed by atoms with E-state index in [1.807, 2.05) is 44.2 Å². The molecule has 3 unspecified atom stereocenters. The van der Waals surface area contributed by atoms with Crippen LogP contribution < -0.4 is 11.1 Å². The van der Waals surface area contributed by atoms with Crippen LogP contribution in [0.2, 0.25) is 0 Å². The standard InChI is InChI=1S/C16H24N2O3/c1-16(2)20-13-9-18-8-12(17)14(15(13)21-16)19-10-11-6-4-3-5-7-11/h3-7,12-15,18H,8-10,17H2,1-2H3/t12?,13?,14-,15?/m1/s1. The van der Waals surface area contributed by atoms with Crippen LogP contribution in [0.5, 0.6) is 0 Å². The maximum Gasteiger partial charge on any atom is 0.163 e. The fourth-order valence-electron chi connectivity index (χ4n) is 3.04. The SMILES string of the molecule is CC1(C)OC2CNCC(N)[C@@H](OCc3ccccc3)C2O1. The third-order valence-electron chi connectivity index (χ3n) is 3.98. The van der Waals surface area contributed by atoms with Crippen molar-refractivity contribution in [1.82, 2.24) is 5.32 Å². The summed E-state index contributed by atoms with van der Waals surface area (Å²) in [4.78, 5) is 0. The Balaban J connectivity index is 1.71. The van der Waals surface area contributed by atoms with Gasteiger partial charge in [0.05, 0.1) is 6.61 Å². The molecule has 2 aliphatic rings. The van der Waals surface area contributed by atoms with E-state index in [0.717, 1.165) is 12.1 Å². The molecule has 5 heteroatoms. The van der Waals surface area contributed by atoms with Crippen molar-refractivity contribution in [1.29, 1.82) is 0 Å². The van der Waals surface area contributed by atoms with Crippen LogP contribution in [0.15, 0.2) is 30.3 Å². The summed E-state index contributed by atoms with van der Waals surface area (Å²) in [5.74, 6) is -0.581. The zero-order valence-electron chi connectivity index (χ0n) is 12.6. The third kappa shape index (κ3) is 3.44. The van der Waals surface area contributed by atoms with E-state index in [4.69, 9.17) is 19.9 Å². The summed E-state index contributed by atoms with van der Waals surface area (Å²) in [7, 11) is 0. The minimum absolute atomic E-state index is 0.0191. The summed E-state index contributed by atoms with van der Waals surface area (Å²) >= 11 is 0. The Hall–Kier alpha value is -0.980. The van der Waals surface area contributed by atoms with Crippen molar-refractivity contribution in [2.24, 2.45) is 5.73 Å². The van der Waals surface area contributed by atoms with Gasteiger partial charge in [0, 0.05) is 19.1 Å². The molecule has 0 amide bonds. The lowest BCUT2D eigenvalue weighted by molar-refractivity contribution is -0.163. The highest BCUT2D eigenvalue weighted by molar-refractivity contribution is 5.13. The maximum atomic E-state index is 6.26. The quantitative estimate of drug-likeness (QED) is 0.871. The van der Waals surface area contributed by atoms with Crippen LogP contribution in [0.3, 0.4) is 0 Å². The van der Waals surface area contributed by atoms with Gasteiger partial charge in [0.1, 0.15) is 18.3 Å². The summed E-state index contributed by atoms with van der Waals surface area (Å²) in [5.41, 5.74) is 7.40. The second-order valence-electron chi connectivity index (χ2n) is 6.22. The molecule has 2 aliphatic heterocycles. The average Bonchev–Trinajstić information content (AvgIpc) is 2.68. The number of fused-ring (bicyclic) bond motifs is 1. The number of hydrogen-bond donors (Lipinski definition) is 2. The van der Waals surface area contributed by atoms with Gasteiger partial charge >= 0.3 is 0 Å². The van der Waals surface area contributed by atoms with Gasteiger partial charge in [-0.2, -0.15) is 0 Å². The smallest absolute Gasteiger partial charge is 0.163 e. The number of rotatable bonds is 3. The van der Waals surface area contributed by atoms with Crippen molar-refractivity contribution >= 4 is 0 Å². The predicted octanol–water partition coefficient (Wildman–Crippen LogP) is 1.02. The van der Waals surface area contributed by atoms with Crippen molar-refractivity contribution in [3.63, 3.8) is 0 Å². The van der Waals surface area contributed by atoms with Gasteiger partial charge in [0.25, 0.3) is 0 Å². The predicted molar refractivity (Wildman–Crippen MR) is 79.7 cm³/mol. The van der Waals surface area contributed by atoms with Crippen molar-refractivity contribution in [2.45, 2.75) is 50.6 Å². The molecule has 4 atom stereocenters. The molecule has 0 spiro atoms. The first-order valence-corrected chi connectivity index (χ1v) is 7.53. The Bertz CT molecular complexity index is 466. The molecular formula is C16H24N2O3. The molecule has 1 aromatic carbocycles. The van der Waals surface area contributed by atoms with Crippen LogP contribution in [-0.2, 0) is 20.8 Å². The second-order valence-corrected chi connectivity index (χ2v) is 6.22. The number of benzene rings is 1. The zero-order chi connectivity index (χ0) is 14.9. The van der Waals surface area contributed by atoms with Crippen LogP contribution in [-0.4, -0.2) is 43.2 Å². The van der Waals surface area contributed by atoms with Crippen LogP contribution in [0.25, 0.3) is 0 Å². The molecule has 3 rings (SSSR count). The van der Waals surface area contributed by atoms with E-state index >= 15 is 0 Å². The maximum absolute atomic E-state index is 6.26. The van der Waals surface area contributed by atoms with Gasteiger partial charge in [0.15, 0.2) is 5.79 Å². The van der Waals surface area contributed by atoms with Gasteiger partial charge in [-0.3, -0.25) is 0 Å². The highest BCUT2D eigenvalue weighted by Crippen LogP contribution is 2.32. The van der Waals surface area contributed by atoms with E-state index in [9.17, 15) is 0 Å². The monoisotopic (exact) mass is 292 g/mol. The van der Waals surface area contributed by atoms with Crippen LogP contribution >= 0.6 is 0 Å². The first-order valence-electron chi connectivity index (χ1n) is 7.53. The number of nitrogens with one attached hydrogen (secondary N) is 1. The molecule has 116 valence electrons. The van der Waals surface area contributed by atoms with Gasteiger partial charge in [-0.05, 0) is 19.4 Å². The fourth-order valence-corrected chi connectivity index (χ4v) is 3.04. The normalized spacial score (nSPS) is 35.2.